The van der Waals surface area contributed by atoms with Crippen LogP contribution in [0.3, 0.4) is 0 Å². The fourth-order valence-electron chi connectivity index (χ4n) is 3.43. The summed E-state index contributed by atoms with van der Waals surface area (Å²) in [6.07, 6.45) is -1.11. The summed E-state index contributed by atoms with van der Waals surface area (Å²) in [6.45, 7) is 18.9. The molecule has 1 aliphatic carbocycles. The molecule has 3 atom stereocenters. The molecule has 0 saturated heterocycles. The molecule has 164 valence electrons. The number of rotatable bonds is 7. The van der Waals surface area contributed by atoms with Gasteiger partial charge in [0.05, 0.1) is 18.8 Å². The lowest BCUT2D eigenvalue weighted by Crippen LogP contribution is -2.35. The van der Waals surface area contributed by atoms with Crippen molar-refractivity contribution in [2.45, 2.75) is 97.8 Å². The van der Waals surface area contributed by atoms with Crippen molar-refractivity contribution in [1.82, 2.24) is 5.32 Å². The Morgan fingerprint density at radius 1 is 1.03 bits per heavy atom. The van der Waals surface area contributed by atoms with Crippen LogP contribution in [0, 0.1) is 5.92 Å². The standard InChI is InChI=1S/C24H39NO4/c1-13(2)16-10-17(14(3)4)22(18(11-16)15(5)6)28-12-19-20(21(19)26)25-23(27)29-24(7,8)9/h10-11,13-15,19-21,26H,12H2,1-9H3,(H,25,27). The zero-order chi connectivity index (χ0) is 22.1. The van der Waals surface area contributed by atoms with Gasteiger partial charge in [-0.3, -0.25) is 0 Å². The highest BCUT2D eigenvalue weighted by atomic mass is 16.6. The number of aliphatic hydroxyl groups is 1. The molecule has 0 aliphatic heterocycles. The number of carbonyl (C=O) groups excluding carboxylic acids is 1. The first-order valence-electron chi connectivity index (χ1n) is 10.8. The largest absolute Gasteiger partial charge is 0.493 e. The SMILES string of the molecule is CC(C)c1cc(C(C)C)c(OCC2C(O)C2NC(=O)OC(C)(C)C)c(C(C)C)c1. The predicted octanol–water partition coefficient (Wildman–Crippen LogP) is 5.32. The van der Waals surface area contributed by atoms with Crippen LogP contribution in [0.5, 0.6) is 5.75 Å². The summed E-state index contributed by atoms with van der Waals surface area (Å²) in [5, 5.41) is 13.0. The van der Waals surface area contributed by atoms with Crippen molar-refractivity contribution in [3.05, 3.63) is 28.8 Å². The average Bonchev–Trinajstić information content (AvgIpc) is 3.17. The highest BCUT2D eigenvalue weighted by molar-refractivity contribution is 5.69. The van der Waals surface area contributed by atoms with Crippen LogP contribution in [0.2, 0.25) is 0 Å². The maximum absolute atomic E-state index is 12.0. The number of benzene rings is 1. The van der Waals surface area contributed by atoms with Crippen molar-refractivity contribution in [2.75, 3.05) is 6.61 Å². The van der Waals surface area contributed by atoms with Crippen LogP contribution < -0.4 is 10.1 Å². The molecule has 1 amide bonds. The maximum Gasteiger partial charge on any atom is 0.407 e. The third-order valence-electron chi connectivity index (χ3n) is 5.31. The van der Waals surface area contributed by atoms with E-state index in [1.807, 2.05) is 20.8 Å². The predicted molar refractivity (Wildman–Crippen MR) is 117 cm³/mol. The van der Waals surface area contributed by atoms with Crippen molar-refractivity contribution in [3.8, 4) is 5.75 Å². The molecule has 5 heteroatoms. The van der Waals surface area contributed by atoms with Gasteiger partial charge in [0.1, 0.15) is 11.4 Å². The summed E-state index contributed by atoms with van der Waals surface area (Å²) in [5.74, 6) is 1.91. The van der Waals surface area contributed by atoms with Gasteiger partial charge in [-0.2, -0.15) is 0 Å². The number of nitrogens with one attached hydrogen (secondary N) is 1. The lowest BCUT2D eigenvalue weighted by Gasteiger charge is -2.23. The van der Waals surface area contributed by atoms with E-state index in [1.165, 1.54) is 16.7 Å². The molecule has 0 spiro atoms. The number of alkyl carbamates (subject to hydrolysis) is 1. The summed E-state index contributed by atoms with van der Waals surface area (Å²) in [4.78, 5) is 12.0. The number of carbonyl (C=O) groups is 1. The van der Waals surface area contributed by atoms with Crippen molar-refractivity contribution in [1.29, 1.82) is 0 Å². The molecular weight excluding hydrogens is 366 g/mol. The molecule has 5 nitrogen and oxygen atoms in total. The fraction of sp³-hybridized carbons (Fsp3) is 0.708. The quantitative estimate of drug-likeness (QED) is 0.644. The zero-order valence-corrected chi connectivity index (χ0v) is 19.5. The second kappa shape index (κ2) is 8.95. The van der Waals surface area contributed by atoms with E-state index in [1.54, 1.807) is 0 Å². The van der Waals surface area contributed by atoms with Gasteiger partial charge in [0, 0.05) is 5.92 Å². The minimum Gasteiger partial charge on any atom is -0.493 e. The van der Waals surface area contributed by atoms with Crippen LogP contribution in [0.4, 0.5) is 4.79 Å². The van der Waals surface area contributed by atoms with Gasteiger partial charge in [0.2, 0.25) is 0 Å². The Morgan fingerprint density at radius 3 is 1.97 bits per heavy atom. The molecule has 1 aliphatic rings. The molecule has 0 heterocycles. The Morgan fingerprint density at radius 2 is 1.55 bits per heavy atom. The van der Waals surface area contributed by atoms with Crippen LogP contribution in [0.1, 0.15) is 96.8 Å². The Labute approximate surface area is 176 Å². The van der Waals surface area contributed by atoms with Gasteiger partial charge >= 0.3 is 6.09 Å². The van der Waals surface area contributed by atoms with Gasteiger partial charge in [-0.15, -0.1) is 0 Å². The van der Waals surface area contributed by atoms with Crippen LogP contribution in [-0.2, 0) is 4.74 Å². The van der Waals surface area contributed by atoms with Gasteiger partial charge in [0.25, 0.3) is 0 Å². The molecule has 2 N–H and O–H groups in total. The molecule has 0 aromatic heterocycles. The second-order valence-electron chi connectivity index (χ2n) is 10.1. The highest BCUT2D eigenvalue weighted by Gasteiger charge is 2.51. The third kappa shape index (κ3) is 6.11. The van der Waals surface area contributed by atoms with E-state index in [2.05, 4.69) is 59.0 Å². The molecule has 1 saturated carbocycles. The molecule has 29 heavy (non-hydrogen) atoms. The van der Waals surface area contributed by atoms with Crippen molar-refractivity contribution >= 4 is 6.09 Å². The maximum atomic E-state index is 12.0. The lowest BCUT2D eigenvalue weighted by molar-refractivity contribution is 0.0512. The molecular formula is C24H39NO4. The Hall–Kier alpha value is -1.75. The van der Waals surface area contributed by atoms with Crippen LogP contribution in [-0.4, -0.2) is 35.6 Å². The molecule has 1 aromatic carbocycles. The first-order valence-corrected chi connectivity index (χ1v) is 10.8. The normalized spacial score (nSPS) is 21.6. The van der Waals surface area contributed by atoms with E-state index in [4.69, 9.17) is 9.47 Å². The molecule has 3 unspecified atom stereocenters. The number of hydrogen-bond acceptors (Lipinski definition) is 4. The minimum atomic E-state index is -0.609. The summed E-state index contributed by atoms with van der Waals surface area (Å²) in [6, 6.07) is 4.16. The molecule has 1 fully saturated rings. The number of ether oxygens (including phenoxy) is 2. The second-order valence-corrected chi connectivity index (χ2v) is 10.1. The van der Waals surface area contributed by atoms with E-state index in [-0.39, 0.29) is 12.0 Å². The number of aliphatic hydroxyl groups excluding tert-OH is 1. The summed E-state index contributed by atoms with van der Waals surface area (Å²) < 4.78 is 11.6. The zero-order valence-electron chi connectivity index (χ0n) is 19.5. The first-order chi connectivity index (χ1) is 13.3. The average molecular weight is 406 g/mol. The van der Waals surface area contributed by atoms with Gasteiger partial charge in [-0.1, -0.05) is 53.7 Å². The lowest BCUT2D eigenvalue weighted by atomic mass is 9.88. The highest BCUT2D eigenvalue weighted by Crippen LogP contribution is 2.39. The van der Waals surface area contributed by atoms with Crippen LogP contribution in [0.25, 0.3) is 0 Å². The topological polar surface area (TPSA) is 67.8 Å². The number of amides is 1. The van der Waals surface area contributed by atoms with Gasteiger partial charge in [-0.25, -0.2) is 4.79 Å². The first kappa shape index (κ1) is 23.5. The van der Waals surface area contributed by atoms with Crippen LogP contribution in [0.15, 0.2) is 12.1 Å². The monoisotopic (exact) mass is 405 g/mol. The molecule has 1 aromatic rings. The third-order valence-corrected chi connectivity index (χ3v) is 5.31. The smallest absolute Gasteiger partial charge is 0.407 e. The van der Waals surface area contributed by atoms with Crippen molar-refractivity contribution < 1.29 is 19.4 Å². The van der Waals surface area contributed by atoms with Crippen molar-refractivity contribution in [3.63, 3.8) is 0 Å². The van der Waals surface area contributed by atoms with Gasteiger partial charge in [0.15, 0.2) is 0 Å². The molecule has 2 rings (SSSR count). The van der Waals surface area contributed by atoms with E-state index in [0.29, 0.717) is 24.4 Å². The molecule has 0 radical (unpaired) electrons. The summed E-state index contributed by atoms with van der Waals surface area (Å²) in [5.41, 5.74) is 3.16. The Bertz CT molecular complexity index is 689. The molecule has 0 bridgehead atoms. The fourth-order valence-corrected chi connectivity index (χ4v) is 3.43. The Kier molecular flexibility index (Phi) is 7.26. The van der Waals surface area contributed by atoms with Crippen molar-refractivity contribution in [2.24, 2.45) is 5.92 Å². The van der Waals surface area contributed by atoms with E-state index in [0.717, 1.165) is 5.75 Å². The van der Waals surface area contributed by atoms with Gasteiger partial charge in [-0.05, 0) is 55.2 Å². The number of hydrogen-bond donors (Lipinski definition) is 2. The van der Waals surface area contributed by atoms with E-state index >= 15 is 0 Å². The Balaban J connectivity index is 2.13. The van der Waals surface area contributed by atoms with E-state index in [9.17, 15) is 9.90 Å². The minimum absolute atomic E-state index is 0.132. The summed E-state index contributed by atoms with van der Waals surface area (Å²) >= 11 is 0. The van der Waals surface area contributed by atoms with Crippen LogP contribution >= 0.6 is 0 Å². The summed E-state index contributed by atoms with van der Waals surface area (Å²) in [7, 11) is 0. The van der Waals surface area contributed by atoms with E-state index < -0.39 is 17.8 Å². The van der Waals surface area contributed by atoms with Gasteiger partial charge < -0.3 is 19.9 Å².